The minimum atomic E-state index is -0.729. The molecule has 0 aliphatic rings. The van der Waals surface area contributed by atoms with Crippen LogP contribution in [0.25, 0.3) is 0 Å². The Morgan fingerprint density at radius 2 is 1.67 bits per heavy atom. The zero-order valence-electron chi connectivity index (χ0n) is 15.5. The van der Waals surface area contributed by atoms with Crippen molar-refractivity contribution in [1.29, 1.82) is 0 Å². The standard InChI is InChI=1S/C19H21BrN2O5/c1-12(27-15-8-6-5-7-14(15)20)19(23)22-21-11-13-9-17(25-3)18(26-4)10-16(13)24-2/h5-12H,1-4H3,(H,22,23)/b21-11-. The summed E-state index contributed by atoms with van der Waals surface area (Å²) in [5.74, 6) is 1.78. The Balaban J connectivity index is 2.06. The molecular weight excluding hydrogens is 416 g/mol. The monoisotopic (exact) mass is 436 g/mol. The van der Waals surface area contributed by atoms with Gasteiger partial charge in [-0.2, -0.15) is 5.10 Å². The fourth-order valence-corrected chi connectivity index (χ4v) is 2.57. The van der Waals surface area contributed by atoms with Crippen molar-refractivity contribution in [3.8, 4) is 23.0 Å². The molecule has 0 bridgehead atoms. The average molecular weight is 437 g/mol. The number of nitrogens with zero attached hydrogens (tertiary/aromatic N) is 1. The summed E-state index contributed by atoms with van der Waals surface area (Å²) >= 11 is 3.38. The van der Waals surface area contributed by atoms with Crippen LogP contribution < -0.4 is 24.4 Å². The Morgan fingerprint density at radius 3 is 2.30 bits per heavy atom. The summed E-state index contributed by atoms with van der Waals surface area (Å²) in [5.41, 5.74) is 3.07. The minimum absolute atomic E-state index is 0.388. The highest BCUT2D eigenvalue weighted by molar-refractivity contribution is 9.10. The van der Waals surface area contributed by atoms with Crippen molar-refractivity contribution in [3.05, 3.63) is 46.4 Å². The van der Waals surface area contributed by atoms with Gasteiger partial charge < -0.3 is 18.9 Å². The molecule has 0 saturated carbocycles. The first-order valence-electron chi connectivity index (χ1n) is 8.04. The van der Waals surface area contributed by atoms with E-state index in [0.717, 1.165) is 4.47 Å². The molecule has 8 heteroatoms. The molecule has 1 unspecified atom stereocenters. The molecule has 0 spiro atoms. The number of rotatable bonds is 8. The van der Waals surface area contributed by atoms with Crippen LogP contribution in [-0.2, 0) is 4.79 Å². The molecule has 7 nitrogen and oxygen atoms in total. The van der Waals surface area contributed by atoms with E-state index in [1.165, 1.54) is 27.5 Å². The van der Waals surface area contributed by atoms with Gasteiger partial charge in [0.15, 0.2) is 17.6 Å². The molecule has 0 radical (unpaired) electrons. The van der Waals surface area contributed by atoms with E-state index in [1.54, 1.807) is 25.1 Å². The van der Waals surface area contributed by atoms with Crippen LogP contribution in [0, 0.1) is 0 Å². The number of hydrogen-bond donors (Lipinski definition) is 1. The van der Waals surface area contributed by atoms with E-state index in [4.69, 9.17) is 18.9 Å². The lowest BCUT2D eigenvalue weighted by molar-refractivity contribution is -0.127. The summed E-state index contributed by atoms with van der Waals surface area (Å²) in [6.07, 6.45) is 0.734. The molecule has 0 aromatic heterocycles. The Labute approximate surface area is 166 Å². The van der Waals surface area contributed by atoms with Crippen LogP contribution in [0.5, 0.6) is 23.0 Å². The number of nitrogens with one attached hydrogen (secondary N) is 1. The third kappa shape index (κ3) is 5.37. The van der Waals surface area contributed by atoms with E-state index in [1.807, 2.05) is 18.2 Å². The highest BCUT2D eigenvalue weighted by Crippen LogP contribution is 2.33. The molecule has 0 aliphatic carbocycles. The zero-order chi connectivity index (χ0) is 19.8. The van der Waals surface area contributed by atoms with Gasteiger partial charge in [-0.05, 0) is 41.1 Å². The minimum Gasteiger partial charge on any atom is -0.496 e. The van der Waals surface area contributed by atoms with Gasteiger partial charge in [0.1, 0.15) is 11.5 Å². The number of ether oxygens (including phenoxy) is 4. The van der Waals surface area contributed by atoms with E-state index in [-0.39, 0.29) is 5.91 Å². The fraction of sp³-hybridized carbons (Fsp3) is 0.263. The van der Waals surface area contributed by atoms with E-state index in [0.29, 0.717) is 28.6 Å². The highest BCUT2D eigenvalue weighted by Gasteiger charge is 2.15. The maximum atomic E-state index is 12.2. The molecule has 2 rings (SSSR count). The molecule has 1 N–H and O–H groups in total. The van der Waals surface area contributed by atoms with Crippen molar-refractivity contribution >= 4 is 28.1 Å². The first-order chi connectivity index (χ1) is 13.0. The van der Waals surface area contributed by atoms with Crippen LogP contribution in [0.4, 0.5) is 0 Å². The topological polar surface area (TPSA) is 78.4 Å². The number of hydrazone groups is 1. The summed E-state index contributed by atoms with van der Waals surface area (Å²) in [5, 5.41) is 3.97. The van der Waals surface area contributed by atoms with E-state index >= 15 is 0 Å². The van der Waals surface area contributed by atoms with Gasteiger partial charge in [0.25, 0.3) is 5.91 Å². The molecule has 1 amide bonds. The lowest BCUT2D eigenvalue weighted by Crippen LogP contribution is -2.33. The molecule has 2 aromatic rings. The van der Waals surface area contributed by atoms with Gasteiger partial charge in [-0.1, -0.05) is 12.1 Å². The maximum absolute atomic E-state index is 12.2. The second-order valence-electron chi connectivity index (χ2n) is 5.37. The molecule has 0 aliphatic heterocycles. The molecule has 0 fully saturated rings. The van der Waals surface area contributed by atoms with Crippen molar-refractivity contribution in [1.82, 2.24) is 5.43 Å². The lowest BCUT2D eigenvalue weighted by atomic mass is 10.2. The van der Waals surface area contributed by atoms with Crippen molar-refractivity contribution in [2.75, 3.05) is 21.3 Å². The number of carbonyl (C=O) groups excluding carboxylic acids is 1. The summed E-state index contributed by atoms with van der Waals surface area (Å²) in [4.78, 5) is 12.2. The summed E-state index contributed by atoms with van der Waals surface area (Å²) < 4.78 is 22.2. The highest BCUT2D eigenvalue weighted by atomic mass is 79.9. The summed E-state index contributed by atoms with van der Waals surface area (Å²) in [7, 11) is 4.61. The SMILES string of the molecule is COc1cc(OC)c(OC)cc1/C=N\NC(=O)C(C)Oc1ccccc1Br. The lowest BCUT2D eigenvalue weighted by Gasteiger charge is -2.14. The fourth-order valence-electron chi connectivity index (χ4n) is 2.19. The normalized spacial score (nSPS) is 11.7. The van der Waals surface area contributed by atoms with E-state index in [2.05, 4.69) is 26.5 Å². The number of carbonyl (C=O) groups is 1. The van der Waals surface area contributed by atoms with E-state index in [9.17, 15) is 4.79 Å². The van der Waals surface area contributed by atoms with Crippen LogP contribution in [-0.4, -0.2) is 39.6 Å². The van der Waals surface area contributed by atoms with Gasteiger partial charge in [-0.25, -0.2) is 5.43 Å². The van der Waals surface area contributed by atoms with Gasteiger partial charge in [0.2, 0.25) is 0 Å². The largest absolute Gasteiger partial charge is 0.496 e. The van der Waals surface area contributed by atoms with Crippen LogP contribution in [0.15, 0.2) is 46.0 Å². The average Bonchev–Trinajstić information content (AvgIpc) is 2.68. The Morgan fingerprint density at radius 1 is 1.04 bits per heavy atom. The number of methoxy groups -OCH3 is 3. The molecular formula is C19H21BrN2O5. The first kappa shape index (κ1) is 20.6. The number of hydrogen-bond acceptors (Lipinski definition) is 6. The molecule has 0 heterocycles. The maximum Gasteiger partial charge on any atom is 0.280 e. The molecule has 1 atom stereocenters. The second kappa shape index (κ2) is 9.82. The van der Waals surface area contributed by atoms with Gasteiger partial charge >= 0.3 is 0 Å². The van der Waals surface area contributed by atoms with Crippen molar-refractivity contribution in [2.24, 2.45) is 5.10 Å². The third-order valence-electron chi connectivity index (χ3n) is 3.62. The second-order valence-corrected chi connectivity index (χ2v) is 6.23. The predicted octanol–water partition coefficient (Wildman–Crippen LogP) is 3.39. The summed E-state index contributed by atoms with van der Waals surface area (Å²) in [6, 6.07) is 10.7. The number of amides is 1. The van der Waals surface area contributed by atoms with Crippen molar-refractivity contribution in [3.63, 3.8) is 0 Å². The molecule has 27 heavy (non-hydrogen) atoms. The van der Waals surface area contributed by atoms with Crippen LogP contribution in [0.1, 0.15) is 12.5 Å². The Kier molecular flexibility index (Phi) is 7.48. The smallest absolute Gasteiger partial charge is 0.280 e. The van der Waals surface area contributed by atoms with Crippen LogP contribution >= 0.6 is 15.9 Å². The molecule has 144 valence electrons. The van der Waals surface area contributed by atoms with Gasteiger partial charge in [0, 0.05) is 11.6 Å². The van der Waals surface area contributed by atoms with Crippen LogP contribution in [0.3, 0.4) is 0 Å². The molecule has 0 saturated heterocycles. The number of benzene rings is 2. The number of halogens is 1. The summed E-state index contributed by atoms with van der Waals surface area (Å²) in [6.45, 7) is 1.64. The first-order valence-corrected chi connectivity index (χ1v) is 8.83. The number of para-hydroxylation sites is 1. The Bertz CT molecular complexity index is 826. The zero-order valence-corrected chi connectivity index (χ0v) is 17.1. The van der Waals surface area contributed by atoms with Gasteiger partial charge in [-0.3, -0.25) is 4.79 Å². The predicted molar refractivity (Wildman–Crippen MR) is 106 cm³/mol. The quantitative estimate of drug-likeness (QED) is 0.506. The van der Waals surface area contributed by atoms with Gasteiger partial charge in [-0.15, -0.1) is 0 Å². The van der Waals surface area contributed by atoms with Crippen LogP contribution in [0.2, 0.25) is 0 Å². The van der Waals surface area contributed by atoms with Gasteiger partial charge in [0.05, 0.1) is 32.0 Å². The van der Waals surface area contributed by atoms with E-state index < -0.39 is 6.10 Å². The van der Waals surface area contributed by atoms with Crippen molar-refractivity contribution < 1.29 is 23.7 Å². The molecule has 2 aromatic carbocycles. The van der Waals surface area contributed by atoms with Crippen molar-refractivity contribution in [2.45, 2.75) is 13.0 Å². The third-order valence-corrected chi connectivity index (χ3v) is 4.28. The Hall–Kier alpha value is -2.74.